The summed E-state index contributed by atoms with van der Waals surface area (Å²) in [6, 6.07) is 10.3. The Morgan fingerprint density at radius 1 is 1.50 bits per heavy atom. The van der Waals surface area contributed by atoms with Crippen LogP contribution in [0, 0.1) is 17.2 Å². The van der Waals surface area contributed by atoms with E-state index in [9.17, 15) is 0 Å². The number of hydrogen-bond donors (Lipinski definition) is 0. The fourth-order valence-electron chi connectivity index (χ4n) is 2.96. The Labute approximate surface area is 114 Å². The molecule has 1 aromatic rings. The number of benzene rings is 1. The first-order chi connectivity index (χ1) is 8.53. The van der Waals surface area contributed by atoms with Gasteiger partial charge in [-0.05, 0) is 50.8 Å². The second kappa shape index (κ2) is 5.20. The van der Waals surface area contributed by atoms with Crippen molar-refractivity contribution in [2.75, 3.05) is 11.4 Å². The van der Waals surface area contributed by atoms with Gasteiger partial charge in [-0.3, -0.25) is 0 Å². The van der Waals surface area contributed by atoms with Crippen molar-refractivity contribution >= 4 is 17.3 Å². The van der Waals surface area contributed by atoms with Crippen LogP contribution in [0.2, 0.25) is 5.02 Å². The van der Waals surface area contributed by atoms with E-state index in [0.717, 1.165) is 24.4 Å². The Morgan fingerprint density at radius 2 is 2.28 bits per heavy atom. The average molecular weight is 263 g/mol. The van der Waals surface area contributed by atoms with Crippen LogP contribution in [-0.4, -0.2) is 12.1 Å². The van der Waals surface area contributed by atoms with Crippen molar-refractivity contribution in [2.45, 2.75) is 38.6 Å². The summed E-state index contributed by atoms with van der Waals surface area (Å²) in [4.78, 5) is 2.41. The van der Waals surface area contributed by atoms with Gasteiger partial charge in [-0.15, -0.1) is 0 Å². The van der Waals surface area contributed by atoms with Crippen molar-refractivity contribution < 1.29 is 0 Å². The van der Waals surface area contributed by atoms with Gasteiger partial charge in [-0.25, -0.2) is 0 Å². The summed E-state index contributed by atoms with van der Waals surface area (Å²) in [6.45, 7) is 5.49. The smallest absolute Gasteiger partial charge is 0.0624 e. The van der Waals surface area contributed by atoms with Gasteiger partial charge < -0.3 is 4.90 Å². The number of anilines is 1. The van der Waals surface area contributed by atoms with Crippen molar-refractivity contribution in [3.8, 4) is 6.07 Å². The largest absolute Gasteiger partial charge is 0.366 e. The Hall–Kier alpha value is -1.20. The monoisotopic (exact) mass is 262 g/mol. The van der Waals surface area contributed by atoms with Crippen LogP contribution in [0.5, 0.6) is 0 Å². The molecule has 0 bridgehead atoms. The predicted molar refractivity (Wildman–Crippen MR) is 75.8 cm³/mol. The van der Waals surface area contributed by atoms with Gasteiger partial charge in [0.05, 0.1) is 6.07 Å². The van der Waals surface area contributed by atoms with Crippen molar-refractivity contribution in [1.82, 2.24) is 0 Å². The molecule has 18 heavy (non-hydrogen) atoms. The molecule has 2 nitrogen and oxygen atoms in total. The fourth-order valence-corrected chi connectivity index (χ4v) is 3.14. The van der Waals surface area contributed by atoms with E-state index in [1.165, 1.54) is 5.69 Å². The van der Waals surface area contributed by atoms with Crippen LogP contribution in [-0.2, 0) is 0 Å². The minimum absolute atomic E-state index is 0.0877. The van der Waals surface area contributed by atoms with E-state index in [2.05, 4.69) is 30.9 Å². The van der Waals surface area contributed by atoms with Crippen LogP contribution in [0.3, 0.4) is 0 Å². The first-order valence-electron chi connectivity index (χ1n) is 6.43. The lowest BCUT2D eigenvalue weighted by Crippen LogP contribution is -2.50. The molecule has 1 heterocycles. The molecule has 0 saturated carbocycles. The van der Waals surface area contributed by atoms with E-state index in [-0.39, 0.29) is 5.54 Å². The van der Waals surface area contributed by atoms with Gasteiger partial charge >= 0.3 is 0 Å². The summed E-state index contributed by atoms with van der Waals surface area (Å²) in [5, 5.41) is 9.61. The lowest BCUT2D eigenvalue weighted by atomic mass is 9.81. The number of piperidine rings is 1. The van der Waals surface area contributed by atoms with Crippen molar-refractivity contribution in [2.24, 2.45) is 5.92 Å². The van der Waals surface area contributed by atoms with Gasteiger partial charge in [0.15, 0.2) is 0 Å². The van der Waals surface area contributed by atoms with E-state index in [4.69, 9.17) is 16.9 Å². The molecule has 0 N–H and O–H groups in total. The van der Waals surface area contributed by atoms with E-state index in [1.807, 2.05) is 18.2 Å². The number of hydrogen-bond acceptors (Lipinski definition) is 2. The molecular weight excluding hydrogens is 244 g/mol. The van der Waals surface area contributed by atoms with Crippen LogP contribution in [0.1, 0.15) is 33.1 Å². The van der Waals surface area contributed by atoms with Gasteiger partial charge in [0.25, 0.3) is 0 Å². The third-order valence-electron chi connectivity index (χ3n) is 3.78. The van der Waals surface area contributed by atoms with Crippen molar-refractivity contribution in [3.05, 3.63) is 29.3 Å². The normalized spacial score (nSPS) is 22.6. The maximum atomic E-state index is 8.83. The second-order valence-corrected chi connectivity index (χ2v) is 6.10. The first kappa shape index (κ1) is 13.2. The van der Waals surface area contributed by atoms with Gasteiger partial charge in [-0.1, -0.05) is 17.7 Å². The number of halogens is 1. The van der Waals surface area contributed by atoms with Crippen LogP contribution in [0.15, 0.2) is 24.3 Å². The zero-order chi connectivity index (χ0) is 13.2. The standard InChI is InChI=1S/C15H19ClN2/c1-15(2)11-12(6-8-17)7-9-18(15)14-5-3-4-13(16)10-14/h3-5,10,12H,6-7,9,11H2,1-2H3. The van der Waals surface area contributed by atoms with Crippen LogP contribution >= 0.6 is 11.6 Å². The average Bonchev–Trinajstić information content (AvgIpc) is 2.28. The lowest BCUT2D eigenvalue weighted by Gasteiger charge is -2.47. The molecule has 0 aliphatic carbocycles. The van der Waals surface area contributed by atoms with Crippen LogP contribution in [0.4, 0.5) is 5.69 Å². The Bertz CT molecular complexity index is 462. The molecular formula is C15H19ClN2. The van der Waals surface area contributed by atoms with Gasteiger partial charge in [0.1, 0.15) is 0 Å². The SMILES string of the molecule is CC1(C)CC(CC#N)CCN1c1cccc(Cl)c1. The third kappa shape index (κ3) is 2.79. The summed E-state index contributed by atoms with van der Waals surface area (Å²) >= 11 is 6.07. The number of rotatable bonds is 2. The zero-order valence-corrected chi connectivity index (χ0v) is 11.7. The molecule has 96 valence electrons. The van der Waals surface area contributed by atoms with Crippen molar-refractivity contribution in [1.29, 1.82) is 5.26 Å². The minimum Gasteiger partial charge on any atom is -0.366 e. The topological polar surface area (TPSA) is 27.0 Å². The molecule has 0 aromatic heterocycles. The maximum absolute atomic E-state index is 8.83. The summed E-state index contributed by atoms with van der Waals surface area (Å²) < 4.78 is 0. The molecule has 1 unspecified atom stereocenters. The first-order valence-corrected chi connectivity index (χ1v) is 6.81. The predicted octanol–water partition coefficient (Wildman–Crippen LogP) is 4.25. The van der Waals surface area contributed by atoms with E-state index >= 15 is 0 Å². The molecule has 1 saturated heterocycles. The second-order valence-electron chi connectivity index (χ2n) is 5.67. The highest BCUT2D eigenvalue weighted by atomic mass is 35.5. The van der Waals surface area contributed by atoms with E-state index in [0.29, 0.717) is 12.3 Å². The van der Waals surface area contributed by atoms with Crippen molar-refractivity contribution in [3.63, 3.8) is 0 Å². The van der Waals surface area contributed by atoms with E-state index in [1.54, 1.807) is 0 Å². The molecule has 0 spiro atoms. The van der Waals surface area contributed by atoms with E-state index < -0.39 is 0 Å². The Balaban J connectivity index is 2.18. The Kier molecular flexibility index (Phi) is 3.82. The quantitative estimate of drug-likeness (QED) is 0.797. The zero-order valence-electron chi connectivity index (χ0n) is 11.0. The molecule has 2 rings (SSSR count). The highest BCUT2D eigenvalue weighted by Gasteiger charge is 2.34. The molecule has 0 radical (unpaired) electrons. The van der Waals surface area contributed by atoms with Crippen LogP contribution < -0.4 is 4.90 Å². The third-order valence-corrected chi connectivity index (χ3v) is 4.01. The Morgan fingerprint density at radius 3 is 2.89 bits per heavy atom. The molecule has 1 aliphatic heterocycles. The highest BCUT2D eigenvalue weighted by molar-refractivity contribution is 6.30. The molecule has 3 heteroatoms. The molecule has 1 atom stereocenters. The molecule has 1 aliphatic rings. The summed E-state index contributed by atoms with van der Waals surface area (Å²) in [6.07, 6.45) is 2.82. The highest BCUT2D eigenvalue weighted by Crippen LogP contribution is 2.37. The summed E-state index contributed by atoms with van der Waals surface area (Å²) in [7, 11) is 0. The molecule has 1 fully saturated rings. The fraction of sp³-hybridized carbons (Fsp3) is 0.533. The molecule has 0 amide bonds. The maximum Gasteiger partial charge on any atom is 0.0624 e. The van der Waals surface area contributed by atoms with Gasteiger partial charge in [0, 0.05) is 29.2 Å². The lowest BCUT2D eigenvalue weighted by molar-refractivity contribution is 0.277. The molecule has 1 aromatic carbocycles. The summed E-state index contributed by atoms with van der Waals surface area (Å²) in [5.74, 6) is 0.528. The van der Waals surface area contributed by atoms with Gasteiger partial charge in [-0.2, -0.15) is 5.26 Å². The minimum atomic E-state index is 0.0877. The number of nitrogens with zero attached hydrogens (tertiary/aromatic N) is 2. The number of nitriles is 1. The summed E-state index contributed by atoms with van der Waals surface area (Å²) in [5.41, 5.74) is 1.27. The van der Waals surface area contributed by atoms with Gasteiger partial charge in [0.2, 0.25) is 0 Å². The van der Waals surface area contributed by atoms with Crippen LogP contribution in [0.25, 0.3) is 0 Å².